The number of ether oxygens (including phenoxy) is 1. The van der Waals surface area contributed by atoms with E-state index >= 15 is 0 Å². The van der Waals surface area contributed by atoms with Crippen molar-refractivity contribution in [3.05, 3.63) is 10.6 Å². The molecule has 6 nitrogen and oxygen atoms in total. The largest absolute Gasteiger partial charge is 0.465 e. The molecule has 0 aliphatic carbocycles. The number of esters is 1. The average molecular weight is 285 g/mol. The fourth-order valence-corrected chi connectivity index (χ4v) is 2.34. The number of amides is 1. The molecule has 1 aromatic rings. The zero-order chi connectivity index (χ0) is 14.4. The Morgan fingerprint density at radius 2 is 2.05 bits per heavy atom. The van der Waals surface area contributed by atoms with Gasteiger partial charge in [0.1, 0.15) is 11.4 Å². The molecule has 1 amide bonds. The molecule has 0 aromatic carbocycles. The molecule has 0 bridgehead atoms. The highest BCUT2D eigenvalue weighted by atomic mass is 32.1. The fraction of sp³-hybridized carbons (Fsp3) is 0.667. The van der Waals surface area contributed by atoms with Crippen LogP contribution in [0.25, 0.3) is 0 Å². The summed E-state index contributed by atoms with van der Waals surface area (Å²) in [5, 5.41) is 3.97. The maximum absolute atomic E-state index is 12.4. The van der Waals surface area contributed by atoms with Crippen LogP contribution in [0.5, 0.6) is 0 Å². The van der Waals surface area contributed by atoms with Crippen molar-refractivity contribution in [2.75, 3.05) is 19.7 Å². The van der Waals surface area contributed by atoms with Gasteiger partial charge in [-0.3, -0.25) is 9.59 Å². The van der Waals surface area contributed by atoms with Crippen LogP contribution < -0.4 is 0 Å². The van der Waals surface area contributed by atoms with Crippen molar-refractivity contribution in [3.8, 4) is 0 Å². The molecule has 0 aliphatic heterocycles. The molecule has 106 valence electrons. The smallest absolute Gasteiger partial charge is 0.325 e. The van der Waals surface area contributed by atoms with Crippen molar-refractivity contribution in [1.29, 1.82) is 0 Å². The third-order valence-corrected chi connectivity index (χ3v) is 3.28. The second-order valence-electron chi connectivity index (χ2n) is 4.27. The Morgan fingerprint density at radius 1 is 1.37 bits per heavy atom. The Morgan fingerprint density at radius 3 is 2.58 bits per heavy atom. The van der Waals surface area contributed by atoms with Crippen LogP contribution in [0, 0.1) is 0 Å². The SMILES string of the molecule is CCOC(=O)CN(CC)C(=O)c1snnc1C(C)C. The molecule has 0 aliphatic rings. The number of rotatable bonds is 6. The van der Waals surface area contributed by atoms with Gasteiger partial charge in [-0.15, -0.1) is 5.10 Å². The van der Waals surface area contributed by atoms with Crippen LogP contribution in [0.2, 0.25) is 0 Å². The predicted molar refractivity (Wildman–Crippen MR) is 72.2 cm³/mol. The predicted octanol–water partition coefficient (Wildman–Crippen LogP) is 1.69. The Balaban J connectivity index is 2.83. The molecule has 0 spiro atoms. The van der Waals surface area contributed by atoms with E-state index < -0.39 is 5.97 Å². The summed E-state index contributed by atoms with van der Waals surface area (Å²) >= 11 is 1.07. The minimum Gasteiger partial charge on any atom is -0.465 e. The second kappa shape index (κ2) is 7.18. The van der Waals surface area contributed by atoms with Crippen LogP contribution in [0.1, 0.15) is 49.0 Å². The van der Waals surface area contributed by atoms with Crippen LogP contribution in [0.4, 0.5) is 0 Å². The van der Waals surface area contributed by atoms with Gasteiger partial charge in [-0.2, -0.15) is 0 Å². The van der Waals surface area contributed by atoms with Gasteiger partial charge in [0.05, 0.1) is 12.3 Å². The minimum absolute atomic E-state index is 0.0430. The van der Waals surface area contributed by atoms with Crippen LogP contribution in [-0.2, 0) is 9.53 Å². The zero-order valence-electron chi connectivity index (χ0n) is 11.7. The van der Waals surface area contributed by atoms with Gasteiger partial charge < -0.3 is 9.64 Å². The van der Waals surface area contributed by atoms with E-state index in [9.17, 15) is 9.59 Å². The van der Waals surface area contributed by atoms with Gasteiger partial charge in [-0.1, -0.05) is 18.3 Å². The molecular weight excluding hydrogens is 266 g/mol. The Hall–Kier alpha value is -1.50. The molecule has 0 atom stereocenters. The van der Waals surface area contributed by atoms with E-state index in [1.165, 1.54) is 4.90 Å². The van der Waals surface area contributed by atoms with E-state index in [4.69, 9.17) is 4.74 Å². The first kappa shape index (κ1) is 15.6. The van der Waals surface area contributed by atoms with E-state index in [0.29, 0.717) is 23.7 Å². The van der Waals surface area contributed by atoms with Gasteiger partial charge >= 0.3 is 5.97 Å². The highest BCUT2D eigenvalue weighted by Crippen LogP contribution is 2.21. The number of carbonyl (C=O) groups is 2. The molecule has 0 N–H and O–H groups in total. The summed E-state index contributed by atoms with van der Waals surface area (Å²) in [7, 11) is 0. The number of carbonyl (C=O) groups excluding carboxylic acids is 2. The van der Waals surface area contributed by atoms with E-state index in [-0.39, 0.29) is 18.4 Å². The van der Waals surface area contributed by atoms with Gasteiger partial charge in [0, 0.05) is 6.54 Å². The van der Waals surface area contributed by atoms with Crippen molar-refractivity contribution >= 4 is 23.4 Å². The van der Waals surface area contributed by atoms with Crippen LogP contribution in [-0.4, -0.2) is 46.1 Å². The van der Waals surface area contributed by atoms with Crippen LogP contribution >= 0.6 is 11.5 Å². The standard InChI is InChI=1S/C12H19N3O3S/c1-5-15(7-9(16)18-6-2)12(17)11-10(8(3)4)13-14-19-11/h8H,5-7H2,1-4H3. The van der Waals surface area contributed by atoms with Crippen molar-refractivity contribution in [1.82, 2.24) is 14.5 Å². The number of likely N-dealkylation sites (N-methyl/N-ethyl adjacent to an activating group) is 1. The summed E-state index contributed by atoms with van der Waals surface area (Å²) < 4.78 is 8.68. The molecule has 0 fully saturated rings. The van der Waals surface area contributed by atoms with Crippen LogP contribution in [0.3, 0.4) is 0 Å². The number of aromatic nitrogens is 2. The summed E-state index contributed by atoms with van der Waals surface area (Å²) in [6, 6.07) is 0. The summed E-state index contributed by atoms with van der Waals surface area (Å²) in [6.45, 7) is 8.17. The molecule has 0 radical (unpaired) electrons. The first-order valence-corrected chi connectivity index (χ1v) is 7.05. The molecule has 1 aromatic heterocycles. The monoisotopic (exact) mass is 285 g/mol. The quantitative estimate of drug-likeness (QED) is 0.744. The Bertz CT molecular complexity index is 445. The molecule has 0 saturated carbocycles. The molecule has 0 saturated heterocycles. The lowest BCUT2D eigenvalue weighted by Crippen LogP contribution is -2.36. The van der Waals surface area contributed by atoms with Gasteiger partial charge in [0.2, 0.25) is 0 Å². The second-order valence-corrected chi connectivity index (χ2v) is 5.02. The fourth-order valence-electron chi connectivity index (χ4n) is 1.56. The van der Waals surface area contributed by atoms with Gasteiger partial charge in [-0.05, 0) is 31.3 Å². The van der Waals surface area contributed by atoms with E-state index in [0.717, 1.165) is 11.5 Å². The lowest BCUT2D eigenvalue weighted by molar-refractivity contribution is -0.143. The van der Waals surface area contributed by atoms with Gasteiger partial charge in [-0.25, -0.2) is 0 Å². The topological polar surface area (TPSA) is 72.4 Å². The molecule has 1 rings (SSSR count). The minimum atomic E-state index is -0.402. The lowest BCUT2D eigenvalue weighted by Gasteiger charge is -2.19. The first-order valence-electron chi connectivity index (χ1n) is 6.28. The van der Waals surface area contributed by atoms with Crippen molar-refractivity contribution in [3.63, 3.8) is 0 Å². The van der Waals surface area contributed by atoms with Crippen molar-refractivity contribution in [2.24, 2.45) is 0 Å². The average Bonchev–Trinajstić information content (AvgIpc) is 2.84. The highest BCUT2D eigenvalue weighted by molar-refractivity contribution is 7.08. The third-order valence-electron chi connectivity index (χ3n) is 2.55. The summed E-state index contributed by atoms with van der Waals surface area (Å²) in [4.78, 5) is 25.8. The molecule has 19 heavy (non-hydrogen) atoms. The maximum atomic E-state index is 12.4. The first-order chi connectivity index (χ1) is 9.01. The summed E-state index contributed by atoms with van der Waals surface area (Å²) in [5.41, 5.74) is 0.678. The maximum Gasteiger partial charge on any atom is 0.325 e. The Labute approximate surface area is 116 Å². The molecule has 0 unspecified atom stereocenters. The van der Waals surface area contributed by atoms with Gasteiger partial charge in [0.25, 0.3) is 5.91 Å². The highest BCUT2D eigenvalue weighted by Gasteiger charge is 2.24. The van der Waals surface area contributed by atoms with Crippen LogP contribution in [0.15, 0.2) is 0 Å². The summed E-state index contributed by atoms with van der Waals surface area (Å²) in [5.74, 6) is -0.491. The molecule has 7 heteroatoms. The summed E-state index contributed by atoms with van der Waals surface area (Å²) in [6.07, 6.45) is 0. The van der Waals surface area contributed by atoms with E-state index in [1.807, 2.05) is 20.8 Å². The van der Waals surface area contributed by atoms with Crippen molar-refractivity contribution in [2.45, 2.75) is 33.6 Å². The van der Waals surface area contributed by atoms with Crippen molar-refractivity contribution < 1.29 is 14.3 Å². The normalized spacial score (nSPS) is 10.6. The van der Waals surface area contributed by atoms with E-state index in [1.54, 1.807) is 6.92 Å². The third kappa shape index (κ3) is 3.99. The molecule has 1 heterocycles. The number of hydrogen-bond acceptors (Lipinski definition) is 6. The zero-order valence-corrected chi connectivity index (χ0v) is 12.5. The van der Waals surface area contributed by atoms with Gasteiger partial charge in [0.15, 0.2) is 0 Å². The number of nitrogens with zero attached hydrogens (tertiary/aromatic N) is 3. The Kier molecular flexibility index (Phi) is 5.88. The van der Waals surface area contributed by atoms with E-state index in [2.05, 4.69) is 9.59 Å². The number of hydrogen-bond donors (Lipinski definition) is 0. The lowest BCUT2D eigenvalue weighted by atomic mass is 10.1. The molecular formula is C12H19N3O3S.